The minimum atomic E-state index is -0.748. The number of rotatable bonds is 6. The van der Waals surface area contributed by atoms with E-state index < -0.39 is 6.10 Å². The van der Waals surface area contributed by atoms with Crippen LogP contribution in [0.5, 0.6) is 5.75 Å². The van der Waals surface area contributed by atoms with Gasteiger partial charge in [-0.2, -0.15) is 0 Å². The zero-order chi connectivity index (χ0) is 14.4. The van der Waals surface area contributed by atoms with Gasteiger partial charge in [0.1, 0.15) is 18.5 Å². The van der Waals surface area contributed by atoms with Crippen molar-refractivity contribution in [3.05, 3.63) is 59.4 Å². The van der Waals surface area contributed by atoms with Crippen LogP contribution in [0.2, 0.25) is 0 Å². The van der Waals surface area contributed by atoms with Gasteiger partial charge < -0.3 is 14.6 Å². The van der Waals surface area contributed by atoms with E-state index in [-0.39, 0.29) is 0 Å². The second-order valence-electron chi connectivity index (χ2n) is 4.51. The van der Waals surface area contributed by atoms with E-state index in [2.05, 4.69) is 4.98 Å². The molecule has 1 aromatic heterocycles. The van der Waals surface area contributed by atoms with Crippen molar-refractivity contribution >= 4 is 0 Å². The molecule has 1 heterocycles. The number of benzene rings is 1. The fourth-order valence-corrected chi connectivity index (χ4v) is 2.00. The van der Waals surface area contributed by atoms with E-state index in [1.165, 1.54) is 0 Å². The van der Waals surface area contributed by atoms with E-state index in [1.807, 2.05) is 37.3 Å². The molecule has 0 aliphatic heterocycles. The lowest BCUT2D eigenvalue weighted by atomic mass is 9.99. The van der Waals surface area contributed by atoms with Crippen molar-refractivity contribution in [2.45, 2.75) is 13.0 Å². The number of ether oxygens (including phenoxy) is 2. The molecule has 1 aromatic carbocycles. The summed E-state index contributed by atoms with van der Waals surface area (Å²) in [5.74, 6) is 0.667. The van der Waals surface area contributed by atoms with Gasteiger partial charge in [-0.25, -0.2) is 0 Å². The number of aliphatic hydroxyl groups excluding tert-OH is 1. The van der Waals surface area contributed by atoms with Crippen molar-refractivity contribution in [3.8, 4) is 5.75 Å². The van der Waals surface area contributed by atoms with E-state index >= 15 is 0 Å². The molecule has 0 bridgehead atoms. The van der Waals surface area contributed by atoms with Gasteiger partial charge in [0.05, 0.1) is 6.61 Å². The molecule has 1 N–H and O–H groups in total. The van der Waals surface area contributed by atoms with Crippen LogP contribution < -0.4 is 4.74 Å². The van der Waals surface area contributed by atoms with E-state index in [0.717, 1.165) is 16.7 Å². The zero-order valence-electron chi connectivity index (χ0n) is 11.7. The molecule has 0 fully saturated rings. The maximum absolute atomic E-state index is 10.6. The standard InChI is InChI=1S/C16H19NO3/c1-12-7-8-17-11-14(12)16(18)13-5-3-4-6-15(13)20-10-9-19-2/h3-8,11,16,18H,9-10H2,1-2H3. The molecular formula is C16H19NO3. The van der Waals surface area contributed by atoms with Crippen LogP contribution in [0.25, 0.3) is 0 Å². The first-order chi connectivity index (χ1) is 9.74. The smallest absolute Gasteiger partial charge is 0.125 e. The van der Waals surface area contributed by atoms with Crippen LogP contribution in [0.1, 0.15) is 22.8 Å². The first kappa shape index (κ1) is 14.5. The van der Waals surface area contributed by atoms with Gasteiger partial charge in [0, 0.05) is 30.6 Å². The quantitative estimate of drug-likeness (QED) is 0.822. The molecule has 0 radical (unpaired) electrons. The van der Waals surface area contributed by atoms with Crippen LogP contribution >= 0.6 is 0 Å². The van der Waals surface area contributed by atoms with E-state index in [1.54, 1.807) is 19.5 Å². The predicted octanol–water partition coefficient (Wildman–Crippen LogP) is 2.50. The summed E-state index contributed by atoms with van der Waals surface area (Å²) >= 11 is 0. The maximum atomic E-state index is 10.6. The lowest BCUT2D eigenvalue weighted by molar-refractivity contribution is 0.142. The monoisotopic (exact) mass is 273 g/mol. The summed E-state index contributed by atoms with van der Waals surface area (Å²) in [5.41, 5.74) is 2.52. The van der Waals surface area contributed by atoms with Gasteiger partial charge in [0.25, 0.3) is 0 Å². The molecule has 0 aliphatic carbocycles. The molecule has 2 aromatic rings. The Morgan fingerprint density at radius 1 is 1.15 bits per heavy atom. The number of pyridine rings is 1. The molecule has 0 spiro atoms. The number of aryl methyl sites for hydroxylation is 1. The lowest BCUT2D eigenvalue weighted by Gasteiger charge is -2.17. The molecule has 20 heavy (non-hydrogen) atoms. The molecule has 0 amide bonds. The number of aliphatic hydroxyl groups is 1. The van der Waals surface area contributed by atoms with Gasteiger partial charge in [-0.1, -0.05) is 18.2 Å². The van der Waals surface area contributed by atoms with Crippen LogP contribution in [0.4, 0.5) is 0 Å². The Hall–Kier alpha value is -1.91. The minimum absolute atomic E-state index is 0.451. The highest BCUT2D eigenvalue weighted by Crippen LogP contribution is 2.30. The molecule has 0 saturated carbocycles. The van der Waals surface area contributed by atoms with Crippen molar-refractivity contribution in [2.75, 3.05) is 20.3 Å². The topological polar surface area (TPSA) is 51.6 Å². The molecule has 0 saturated heterocycles. The SMILES string of the molecule is COCCOc1ccccc1C(O)c1cnccc1C. The Morgan fingerprint density at radius 2 is 1.95 bits per heavy atom. The fourth-order valence-electron chi connectivity index (χ4n) is 2.00. The highest BCUT2D eigenvalue weighted by molar-refractivity contribution is 5.41. The Labute approximate surface area is 119 Å². The third-order valence-corrected chi connectivity index (χ3v) is 3.13. The largest absolute Gasteiger partial charge is 0.491 e. The van der Waals surface area contributed by atoms with Gasteiger partial charge in [-0.3, -0.25) is 4.98 Å². The van der Waals surface area contributed by atoms with Crippen LogP contribution in [0, 0.1) is 6.92 Å². The zero-order valence-corrected chi connectivity index (χ0v) is 11.7. The Bertz CT molecular complexity index is 557. The van der Waals surface area contributed by atoms with Crippen molar-refractivity contribution in [1.82, 2.24) is 4.98 Å². The first-order valence-corrected chi connectivity index (χ1v) is 6.53. The van der Waals surface area contributed by atoms with Gasteiger partial charge >= 0.3 is 0 Å². The summed E-state index contributed by atoms with van der Waals surface area (Å²) in [7, 11) is 1.63. The van der Waals surface area contributed by atoms with Gasteiger partial charge in [-0.05, 0) is 24.6 Å². The number of nitrogens with zero attached hydrogens (tertiary/aromatic N) is 1. The van der Waals surface area contributed by atoms with E-state index in [9.17, 15) is 5.11 Å². The molecule has 106 valence electrons. The van der Waals surface area contributed by atoms with Crippen molar-refractivity contribution < 1.29 is 14.6 Å². The van der Waals surface area contributed by atoms with Crippen LogP contribution in [0.3, 0.4) is 0 Å². The van der Waals surface area contributed by atoms with Crippen molar-refractivity contribution in [2.24, 2.45) is 0 Å². The summed E-state index contributed by atoms with van der Waals surface area (Å²) in [6.07, 6.45) is 2.65. The molecule has 1 atom stereocenters. The summed E-state index contributed by atoms with van der Waals surface area (Å²) < 4.78 is 10.6. The summed E-state index contributed by atoms with van der Waals surface area (Å²) in [5, 5.41) is 10.6. The lowest BCUT2D eigenvalue weighted by Crippen LogP contribution is -2.09. The van der Waals surface area contributed by atoms with Crippen LogP contribution in [-0.2, 0) is 4.74 Å². The number of hydrogen-bond donors (Lipinski definition) is 1. The Kier molecular flexibility index (Phi) is 5.09. The minimum Gasteiger partial charge on any atom is -0.491 e. The second-order valence-corrected chi connectivity index (χ2v) is 4.51. The average molecular weight is 273 g/mol. The van der Waals surface area contributed by atoms with Crippen molar-refractivity contribution in [1.29, 1.82) is 0 Å². The van der Waals surface area contributed by atoms with Gasteiger partial charge in [0.2, 0.25) is 0 Å². The average Bonchev–Trinajstić information content (AvgIpc) is 2.48. The normalized spacial score (nSPS) is 12.2. The van der Waals surface area contributed by atoms with Gasteiger partial charge in [-0.15, -0.1) is 0 Å². The number of methoxy groups -OCH3 is 1. The first-order valence-electron chi connectivity index (χ1n) is 6.53. The number of aromatic nitrogens is 1. The molecular weight excluding hydrogens is 254 g/mol. The van der Waals surface area contributed by atoms with Gasteiger partial charge in [0.15, 0.2) is 0 Å². The molecule has 4 nitrogen and oxygen atoms in total. The molecule has 1 unspecified atom stereocenters. The summed E-state index contributed by atoms with van der Waals surface area (Å²) in [6, 6.07) is 9.36. The predicted molar refractivity (Wildman–Crippen MR) is 76.8 cm³/mol. The molecule has 4 heteroatoms. The number of para-hydroxylation sites is 1. The Balaban J connectivity index is 2.25. The highest BCUT2D eigenvalue weighted by Gasteiger charge is 2.17. The fraction of sp³-hybridized carbons (Fsp3) is 0.312. The van der Waals surface area contributed by atoms with Crippen LogP contribution in [-0.4, -0.2) is 30.4 Å². The van der Waals surface area contributed by atoms with Crippen molar-refractivity contribution in [3.63, 3.8) is 0 Å². The second kappa shape index (κ2) is 7.03. The number of hydrogen-bond acceptors (Lipinski definition) is 4. The Morgan fingerprint density at radius 3 is 2.70 bits per heavy atom. The van der Waals surface area contributed by atoms with E-state index in [4.69, 9.17) is 9.47 Å². The highest BCUT2D eigenvalue weighted by atomic mass is 16.5. The van der Waals surface area contributed by atoms with Crippen LogP contribution in [0.15, 0.2) is 42.7 Å². The summed E-state index contributed by atoms with van der Waals surface area (Å²) in [6.45, 7) is 2.91. The third-order valence-electron chi connectivity index (χ3n) is 3.13. The summed E-state index contributed by atoms with van der Waals surface area (Å²) in [4.78, 5) is 4.08. The molecule has 2 rings (SSSR count). The molecule has 0 aliphatic rings. The third kappa shape index (κ3) is 3.35. The maximum Gasteiger partial charge on any atom is 0.125 e. The van der Waals surface area contributed by atoms with E-state index in [0.29, 0.717) is 19.0 Å².